The summed E-state index contributed by atoms with van der Waals surface area (Å²) in [5.41, 5.74) is 1.49. The van der Waals surface area contributed by atoms with Crippen LogP contribution in [-0.2, 0) is 4.74 Å². The van der Waals surface area contributed by atoms with Gasteiger partial charge in [0.25, 0.3) is 0 Å². The van der Waals surface area contributed by atoms with Gasteiger partial charge < -0.3 is 14.7 Å². The molecule has 0 atom stereocenters. The Hall–Kier alpha value is -2.11. The zero-order valence-corrected chi connectivity index (χ0v) is 11.7. The van der Waals surface area contributed by atoms with Gasteiger partial charge in [-0.15, -0.1) is 0 Å². The summed E-state index contributed by atoms with van der Waals surface area (Å²) in [4.78, 5) is 0. The van der Waals surface area contributed by atoms with Crippen LogP contribution >= 0.6 is 11.3 Å². The van der Waals surface area contributed by atoms with E-state index >= 15 is 0 Å². The molecule has 20 heavy (non-hydrogen) atoms. The minimum Gasteiger partial charge on any atom is -0.618 e. The molecule has 0 N–H and O–H groups in total. The Morgan fingerprint density at radius 3 is 2.65 bits per heavy atom. The highest BCUT2D eigenvalue weighted by atomic mass is 32.1. The Kier molecular flexibility index (Phi) is 3.54. The van der Waals surface area contributed by atoms with Gasteiger partial charge in [-0.1, -0.05) is 0 Å². The Morgan fingerprint density at radius 1 is 1.15 bits per heavy atom. The van der Waals surface area contributed by atoms with E-state index in [1.807, 2.05) is 41.1 Å². The molecule has 0 saturated carbocycles. The number of ether oxygens (including phenoxy) is 2. The highest BCUT2D eigenvalue weighted by molar-refractivity contribution is 7.09. The normalized spacial score (nSPS) is 10.8. The summed E-state index contributed by atoms with van der Waals surface area (Å²) in [6, 6.07) is 9.29. The molecule has 4 nitrogen and oxygen atoms in total. The first-order chi connectivity index (χ1) is 9.78. The second-order valence-corrected chi connectivity index (χ2v) is 5.09. The van der Waals surface area contributed by atoms with Gasteiger partial charge in [-0.05, 0) is 29.6 Å². The van der Waals surface area contributed by atoms with E-state index in [1.54, 1.807) is 24.6 Å². The molecule has 0 amide bonds. The van der Waals surface area contributed by atoms with E-state index in [0.717, 1.165) is 21.1 Å². The molecule has 0 radical (unpaired) electrons. The van der Waals surface area contributed by atoms with Crippen LogP contribution in [0.25, 0.3) is 22.0 Å². The molecular formula is C15H13NO3S. The number of nitrogens with zero attached hydrogens (tertiary/aromatic N) is 1. The molecule has 0 aliphatic rings. The fourth-order valence-electron chi connectivity index (χ4n) is 2.01. The predicted octanol–water partition coefficient (Wildman–Crippen LogP) is 3.18. The van der Waals surface area contributed by atoms with E-state index in [4.69, 9.17) is 9.47 Å². The Balaban J connectivity index is 1.95. The Morgan fingerprint density at radius 2 is 1.90 bits per heavy atom. The third-order valence-corrected chi connectivity index (χ3v) is 3.78. The fraction of sp³-hybridized carbons (Fsp3) is 0.133. The van der Waals surface area contributed by atoms with Crippen molar-refractivity contribution in [1.29, 1.82) is 0 Å². The number of rotatable bonds is 4. The van der Waals surface area contributed by atoms with Crippen LogP contribution in [0.1, 0.15) is 0 Å². The van der Waals surface area contributed by atoms with Gasteiger partial charge >= 0.3 is 0 Å². The second kappa shape index (κ2) is 5.48. The molecule has 2 heterocycles. The average molecular weight is 287 g/mol. The van der Waals surface area contributed by atoms with Crippen LogP contribution in [0.3, 0.4) is 0 Å². The van der Waals surface area contributed by atoms with Crippen molar-refractivity contribution in [2.45, 2.75) is 0 Å². The topological polar surface area (TPSA) is 45.4 Å². The summed E-state index contributed by atoms with van der Waals surface area (Å²) < 4.78 is 11.1. The van der Waals surface area contributed by atoms with E-state index in [0.29, 0.717) is 11.4 Å². The van der Waals surface area contributed by atoms with Gasteiger partial charge in [-0.25, -0.2) is 0 Å². The SMILES string of the molecule is COCOc1ccc(-c2cc3cscc3c[n+]2[O-])cc1. The second-order valence-electron chi connectivity index (χ2n) is 4.34. The molecule has 5 heteroatoms. The molecule has 3 rings (SSSR count). The third-order valence-electron chi connectivity index (χ3n) is 3.00. The number of fused-ring (bicyclic) bond motifs is 1. The zero-order valence-electron chi connectivity index (χ0n) is 10.9. The highest BCUT2D eigenvalue weighted by Gasteiger charge is 2.11. The molecule has 0 spiro atoms. The van der Waals surface area contributed by atoms with Gasteiger partial charge in [-0.2, -0.15) is 16.1 Å². The van der Waals surface area contributed by atoms with Crippen LogP contribution in [0.5, 0.6) is 5.75 Å². The van der Waals surface area contributed by atoms with Crippen LogP contribution in [0.2, 0.25) is 0 Å². The fourth-order valence-corrected chi connectivity index (χ4v) is 2.77. The molecule has 0 saturated heterocycles. The van der Waals surface area contributed by atoms with Crippen molar-refractivity contribution < 1.29 is 14.2 Å². The van der Waals surface area contributed by atoms with Gasteiger partial charge in [0, 0.05) is 29.5 Å². The predicted molar refractivity (Wildman–Crippen MR) is 78.7 cm³/mol. The van der Waals surface area contributed by atoms with Crippen molar-refractivity contribution in [2.24, 2.45) is 0 Å². The van der Waals surface area contributed by atoms with Crippen molar-refractivity contribution in [3.8, 4) is 17.0 Å². The van der Waals surface area contributed by atoms with Gasteiger partial charge in [0.05, 0.1) is 5.39 Å². The molecule has 3 aromatic rings. The lowest BCUT2D eigenvalue weighted by Crippen LogP contribution is -2.28. The number of pyridine rings is 1. The first kappa shape index (κ1) is 12.9. The van der Waals surface area contributed by atoms with E-state index in [-0.39, 0.29) is 6.79 Å². The summed E-state index contributed by atoms with van der Waals surface area (Å²) in [5, 5.41) is 18.1. The van der Waals surface area contributed by atoms with Crippen molar-refractivity contribution in [3.63, 3.8) is 0 Å². The molecule has 0 aliphatic heterocycles. The van der Waals surface area contributed by atoms with Gasteiger partial charge in [-0.3, -0.25) is 0 Å². The van der Waals surface area contributed by atoms with Crippen LogP contribution in [0, 0.1) is 5.21 Å². The molecule has 0 aliphatic carbocycles. The molecule has 2 aromatic heterocycles. The average Bonchev–Trinajstić information content (AvgIpc) is 2.92. The minimum absolute atomic E-state index is 0.210. The smallest absolute Gasteiger partial charge is 0.224 e. The molecule has 1 aromatic carbocycles. The molecule has 0 bridgehead atoms. The summed E-state index contributed by atoms with van der Waals surface area (Å²) in [6.07, 6.45) is 1.61. The summed E-state index contributed by atoms with van der Waals surface area (Å²) >= 11 is 1.59. The van der Waals surface area contributed by atoms with Crippen molar-refractivity contribution >= 4 is 22.1 Å². The summed E-state index contributed by atoms with van der Waals surface area (Å²) in [7, 11) is 1.57. The van der Waals surface area contributed by atoms with E-state index in [1.165, 1.54) is 0 Å². The van der Waals surface area contributed by atoms with Crippen LogP contribution < -0.4 is 9.47 Å². The minimum atomic E-state index is 0.210. The highest BCUT2D eigenvalue weighted by Crippen LogP contribution is 2.24. The lowest BCUT2D eigenvalue weighted by molar-refractivity contribution is -0.592. The van der Waals surface area contributed by atoms with Crippen LogP contribution in [-0.4, -0.2) is 13.9 Å². The number of thiophene rings is 1. The standard InChI is InChI=1S/C15H13NO3S/c1-18-10-19-14-4-2-11(3-5-14)15-6-12-8-20-9-13(12)7-16(15)17/h2-9H,10H2,1H3. The van der Waals surface area contributed by atoms with Crippen molar-refractivity contribution in [2.75, 3.05) is 13.9 Å². The third kappa shape index (κ3) is 2.45. The van der Waals surface area contributed by atoms with Crippen molar-refractivity contribution in [3.05, 3.63) is 52.5 Å². The summed E-state index contributed by atoms with van der Waals surface area (Å²) in [5.74, 6) is 0.713. The van der Waals surface area contributed by atoms with Crippen LogP contribution in [0.4, 0.5) is 0 Å². The maximum atomic E-state index is 12.1. The summed E-state index contributed by atoms with van der Waals surface area (Å²) in [6.45, 7) is 0.210. The lowest BCUT2D eigenvalue weighted by Gasteiger charge is -2.07. The maximum Gasteiger partial charge on any atom is 0.224 e. The molecular weight excluding hydrogens is 274 g/mol. The number of aromatic nitrogens is 1. The number of methoxy groups -OCH3 is 1. The van der Waals surface area contributed by atoms with Gasteiger partial charge in [0.2, 0.25) is 5.69 Å². The zero-order chi connectivity index (χ0) is 13.9. The van der Waals surface area contributed by atoms with Gasteiger partial charge in [0.15, 0.2) is 13.0 Å². The number of benzene rings is 1. The first-order valence-corrected chi connectivity index (χ1v) is 7.03. The molecule has 0 fully saturated rings. The lowest BCUT2D eigenvalue weighted by atomic mass is 10.1. The Bertz CT molecular complexity index is 722. The van der Waals surface area contributed by atoms with Crippen LogP contribution in [0.15, 0.2) is 47.3 Å². The number of hydrogen-bond donors (Lipinski definition) is 0. The van der Waals surface area contributed by atoms with E-state index < -0.39 is 0 Å². The van der Waals surface area contributed by atoms with E-state index in [9.17, 15) is 5.21 Å². The molecule has 0 unspecified atom stereocenters. The molecule has 102 valence electrons. The maximum absolute atomic E-state index is 12.1. The van der Waals surface area contributed by atoms with E-state index in [2.05, 4.69) is 0 Å². The quantitative estimate of drug-likeness (QED) is 0.420. The number of hydrogen-bond acceptors (Lipinski definition) is 4. The monoisotopic (exact) mass is 287 g/mol. The Labute approximate surface area is 120 Å². The van der Waals surface area contributed by atoms with Gasteiger partial charge in [0.1, 0.15) is 5.75 Å². The first-order valence-electron chi connectivity index (χ1n) is 6.09. The van der Waals surface area contributed by atoms with Crippen molar-refractivity contribution in [1.82, 2.24) is 0 Å². The largest absolute Gasteiger partial charge is 0.618 e.